The number of hydrogen-bond acceptors (Lipinski definition) is 5. The Hall–Kier alpha value is -1.90. The number of anilines is 1. The zero-order chi connectivity index (χ0) is 22.1. The van der Waals surface area contributed by atoms with Crippen LogP contribution in [0.4, 0.5) is 5.69 Å². The van der Waals surface area contributed by atoms with Crippen molar-refractivity contribution in [2.75, 3.05) is 36.5 Å². The number of halogens is 1. The summed E-state index contributed by atoms with van der Waals surface area (Å²) in [4.78, 5) is 12.3. The number of nitrogens with zero attached hydrogens (tertiary/aromatic N) is 1. The van der Waals surface area contributed by atoms with Gasteiger partial charge in [0.05, 0.1) is 24.1 Å². The van der Waals surface area contributed by atoms with Gasteiger partial charge in [-0.2, -0.15) is 11.8 Å². The molecule has 30 heavy (non-hydrogen) atoms. The highest BCUT2D eigenvalue weighted by Gasteiger charge is 2.21. The molecule has 0 aliphatic rings. The lowest BCUT2D eigenvalue weighted by atomic mass is 10.1. The minimum Gasteiger partial charge on any atom is -0.495 e. The summed E-state index contributed by atoms with van der Waals surface area (Å²) in [6, 6.07) is 12.9. The number of carbonyl (C=O) groups is 1. The quantitative estimate of drug-likeness (QED) is 0.504. The van der Waals surface area contributed by atoms with Crippen molar-refractivity contribution in [3.63, 3.8) is 0 Å². The van der Waals surface area contributed by atoms with Crippen molar-refractivity contribution in [2.24, 2.45) is 0 Å². The zero-order valence-corrected chi connectivity index (χ0v) is 19.7. The van der Waals surface area contributed by atoms with Crippen LogP contribution >= 0.6 is 23.4 Å². The van der Waals surface area contributed by atoms with Gasteiger partial charge in [0.25, 0.3) is 0 Å². The SMILES string of the molecule is COc1ccc(N(CC(=O)NCCCSCc2ccccc2C)S(C)(=O)=O)cc1Cl. The largest absolute Gasteiger partial charge is 0.495 e. The second-order valence-electron chi connectivity index (χ2n) is 6.77. The molecule has 0 aliphatic carbocycles. The predicted molar refractivity (Wildman–Crippen MR) is 125 cm³/mol. The van der Waals surface area contributed by atoms with Crippen molar-refractivity contribution in [3.05, 3.63) is 58.6 Å². The average molecular weight is 471 g/mol. The molecule has 9 heteroatoms. The first-order valence-corrected chi connectivity index (χ1v) is 12.8. The molecule has 0 spiro atoms. The van der Waals surface area contributed by atoms with Crippen LogP contribution in [0.1, 0.15) is 17.5 Å². The van der Waals surface area contributed by atoms with Gasteiger partial charge < -0.3 is 10.1 Å². The topological polar surface area (TPSA) is 75.7 Å². The van der Waals surface area contributed by atoms with Crippen LogP contribution in [-0.4, -0.2) is 46.5 Å². The minimum absolute atomic E-state index is 0.273. The van der Waals surface area contributed by atoms with Crippen molar-refractivity contribution in [3.8, 4) is 5.75 Å². The van der Waals surface area contributed by atoms with Crippen molar-refractivity contribution in [1.29, 1.82) is 0 Å². The molecule has 1 amide bonds. The van der Waals surface area contributed by atoms with E-state index < -0.39 is 10.0 Å². The summed E-state index contributed by atoms with van der Waals surface area (Å²) in [5.74, 6) is 1.90. The summed E-state index contributed by atoms with van der Waals surface area (Å²) in [6.45, 7) is 2.28. The fourth-order valence-electron chi connectivity index (χ4n) is 2.75. The number of aryl methyl sites for hydroxylation is 1. The molecule has 0 heterocycles. The first-order chi connectivity index (χ1) is 14.2. The van der Waals surface area contributed by atoms with E-state index in [9.17, 15) is 13.2 Å². The molecule has 2 aromatic rings. The Morgan fingerprint density at radius 1 is 1.23 bits per heavy atom. The van der Waals surface area contributed by atoms with Gasteiger partial charge in [0.15, 0.2) is 0 Å². The van der Waals surface area contributed by atoms with Gasteiger partial charge in [-0.3, -0.25) is 9.10 Å². The van der Waals surface area contributed by atoms with Crippen molar-refractivity contribution in [2.45, 2.75) is 19.1 Å². The third kappa shape index (κ3) is 7.41. The van der Waals surface area contributed by atoms with Crippen LogP contribution < -0.4 is 14.4 Å². The summed E-state index contributed by atoms with van der Waals surface area (Å²) in [5, 5.41) is 3.06. The molecule has 0 saturated carbocycles. The van der Waals surface area contributed by atoms with Gasteiger partial charge in [-0.25, -0.2) is 8.42 Å². The van der Waals surface area contributed by atoms with E-state index in [4.69, 9.17) is 16.3 Å². The molecule has 0 bridgehead atoms. The number of rotatable bonds is 11. The Kier molecular flexibility index (Phi) is 9.33. The molecule has 0 unspecified atom stereocenters. The molecular formula is C21H27ClN2O4S2. The number of ether oxygens (including phenoxy) is 1. The molecule has 0 radical (unpaired) electrons. The summed E-state index contributed by atoms with van der Waals surface area (Å²) in [7, 11) is -2.18. The van der Waals surface area contributed by atoms with Crippen LogP contribution in [0, 0.1) is 6.92 Å². The van der Waals surface area contributed by atoms with E-state index in [0.717, 1.165) is 28.5 Å². The number of nitrogens with one attached hydrogen (secondary N) is 1. The fraction of sp³-hybridized carbons (Fsp3) is 0.381. The summed E-state index contributed by atoms with van der Waals surface area (Å²) in [6.07, 6.45) is 1.86. The zero-order valence-electron chi connectivity index (χ0n) is 17.4. The van der Waals surface area contributed by atoms with E-state index >= 15 is 0 Å². The van der Waals surface area contributed by atoms with Gasteiger partial charge >= 0.3 is 0 Å². The highest BCUT2D eigenvalue weighted by molar-refractivity contribution is 7.98. The van der Waals surface area contributed by atoms with E-state index in [1.807, 2.05) is 23.9 Å². The first-order valence-electron chi connectivity index (χ1n) is 9.42. The normalized spacial score (nSPS) is 11.2. The minimum atomic E-state index is -3.65. The van der Waals surface area contributed by atoms with E-state index in [0.29, 0.717) is 18.0 Å². The molecule has 0 saturated heterocycles. The Labute approximate surface area is 188 Å². The third-order valence-electron chi connectivity index (χ3n) is 4.42. The molecule has 1 N–H and O–H groups in total. The number of benzene rings is 2. The monoisotopic (exact) mass is 470 g/mol. The lowest BCUT2D eigenvalue weighted by molar-refractivity contribution is -0.119. The fourth-order valence-corrected chi connectivity index (χ4v) is 4.89. The van der Waals surface area contributed by atoms with Crippen molar-refractivity contribution < 1.29 is 17.9 Å². The van der Waals surface area contributed by atoms with Gasteiger partial charge in [-0.05, 0) is 48.4 Å². The summed E-state index contributed by atoms with van der Waals surface area (Å²) in [5.41, 5.74) is 2.90. The number of carbonyl (C=O) groups excluding carboxylic acids is 1. The molecule has 0 atom stereocenters. The van der Waals surface area contributed by atoms with Crippen LogP contribution in [0.5, 0.6) is 5.75 Å². The maximum Gasteiger partial charge on any atom is 0.240 e. The van der Waals surface area contributed by atoms with Gasteiger partial charge in [0.1, 0.15) is 12.3 Å². The molecule has 0 aliphatic heterocycles. The van der Waals surface area contributed by atoms with Gasteiger partial charge in [-0.1, -0.05) is 35.9 Å². The smallest absolute Gasteiger partial charge is 0.240 e. The number of thioether (sulfide) groups is 1. The molecule has 0 aromatic heterocycles. The Bertz CT molecular complexity index is 967. The second kappa shape index (κ2) is 11.5. The van der Waals surface area contributed by atoms with Crippen LogP contribution in [-0.2, 0) is 20.6 Å². The third-order valence-corrected chi connectivity index (χ3v) is 6.95. The molecule has 164 valence electrons. The standard InChI is InChI=1S/C21H27ClN2O4S2/c1-16-7-4-5-8-17(16)15-29-12-6-11-23-21(25)14-24(30(3,26)27)18-9-10-20(28-2)19(22)13-18/h4-5,7-10,13H,6,11-12,14-15H2,1-3H3,(H,23,25). The highest BCUT2D eigenvalue weighted by atomic mass is 35.5. The maximum atomic E-state index is 12.3. The van der Waals surface area contributed by atoms with Crippen molar-refractivity contribution in [1.82, 2.24) is 5.32 Å². The van der Waals surface area contributed by atoms with E-state index in [-0.39, 0.29) is 17.5 Å². The Morgan fingerprint density at radius 3 is 2.60 bits per heavy atom. The molecule has 2 rings (SSSR count). The summed E-state index contributed by atoms with van der Waals surface area (Å²) < 4.78 is 30.5. The van der Waals surface area contributed by atoms with Crippen molar-refractivity contribution >= 4 is 45.0 Å². The highest BCUT2D eigenvalue weighted by Crippen LogP contribution is 2.30. The van der Waals surface area contributed by atoms with Gasteiger partial charge in [0.2, 0.25) is 15.9 Å². The molecular weight excluding hydrogens is 444 g/mol. The number of sulfonamides is 1. The van der Waals surface area contributed by atoms with E-state index in [1.165, 1.54) is 24.3 Å². The van der Waals surface area contributed by atoms with Crippen LogP contribution in [0.25, 0.3) is 0 Å². The number of amides is 1. The predicted octanol–water partition coefficient (Wildman–Crippen LogP) is 3.86. The van der Waals surface area contributed by atoms with Crippen LogP contribution in [0.15, 0.2) is 42.5 Å². The average Bonchev–Trinajstić information content (AvgIpc) is 2.69. The van der Waals surface area contributed by atoms with Gasteiger partial charge in [-0.15, -0.1) is 0 Å². The second-order valence-corrected chi connectivity index (χ2v) is 10.2. The lowest BCUT2D eigenvalue weighted by Gasteiger charge is -2.22. The molecule has 6 nitrogen and oxygen atoms in total. The Morgan fingerprint density at radius 2 is 1.97 bits per heavy atom. The van der Waals surface area contributed by atoms with Gasteiger partial charge in [0, 0.05) is 12.3 Å². The first kappa shape index (κ1) is 24.4. The number of hydrogen-bond donors (Lipinski definition) is 1. The lowest BCUT2D eigenvalue weighted by Crippen LogP contribution is -2.40. The molecule has 2 aromatic carbocycles. The number of methoxy groups -OCH3 is 1. The van der Waals surface area contributed by atoms with Crippen LogP contribution in [0.3, 0.4) is 0 Å². The van der Waals surface area contributed by atoms with Crippen LogP contribution in [0.2, 0.25) is 5.02 Å². The summed E-state index contributed by atoms with van der Waals surface area (Å²) >= 11 is 7.91. The van der Waals surface area contributed by atoms with E-state index in [2.05, 4.69) is 24.4 Å². The maximum absolute atomic E-state index is 12.3. The Balaban J connectivity index is 1.82. The molecule has 0 fully saturated rings. The van der Waals surface area contributed by atoms with E-state index in [1.54, 1.807) is 12.1 Å².